The third kappa shape index (κ3) is 3.43. The topological polar surface area (TPSA) is 58.6 Å². The lowest BCUT2D eigenvalue weighted by atomic mass is 9.93. The summed E-state index contributed by atoms with van der Waals surface area (Å²) in [4.78, 5) is 26.1. The fourth-order valence-corrected chi connectivity index (χ4v) is 3.55. The van der Waals surface area contributed by atoms with E-state index in [-0.39, 0.29) is 24.5 Å². The number of nitrogens with one attached hydrogen (secondary N) is 1. The standard InChI is InChI=1S/C18H23FN2O3/c1-21-15(22)11-24-17(16(21)13-9-5-6-10-14(13)19)18(23)20-12-7-3-2-4-8-12/h5-6,9-10,12,16-17H,2-4,7-8,11H2,1H3,(H,20,23)/t16-,17+/m1/s1. The van der Waals surface area contributed by atoms with E-state index in [1.807, 2.05) is 0 Å². The lowest BCUT2D eigenvalue weighted by molar-refractivity contribution is -0.162. The molecule has 2 fully saturated rings. The van der Waals surface area contributed by atoms with Gasteiger partial charge in [0.2, 0.25) is 5.91 Å². The molecule has 2 aliphatic rings. The zero-order valence-corrected chi connectivity index (χ0v) is 13.8. The minimum Gasteiger partial charge on any atom is -0.356 e. The number of ether oxygens (including phenoxy) is 1. The first kappa shape index (κ1) is 16.9. The van der Waals surface area contributed by atoms with Crippen molar-refractivity contribution in [1.29, 1.82) is 0 Å². The molecular weight excluding hydrogens is 311 g/mol. The number of carbonyl (C=O) groups excluding carboxylic acids is 2. The fraction of sp³-hybridized carbons (Fsp3) is 0.556. The molecule has 1 heterocycles. The molecule has 0 bridgehead atoms. The minimum absolute atomic E-state index is 0.138. The highest BCUT2D eigenvalue weighted by atomic mass is 19.1. The zero-order chi connectivity index (χ0) is 17.1. The maximum absolute atomic E-state index is 14.2. The Morgan fingerprint density at radius 2 is 1.96 bits per heavy atom. The van der Waals surface area contributed by atoms with E-state index in [0.29, 0.717) is 5.56 Å². The number of rotatable bonds is 3. The Bertz CT molecular complexity index is 616. The van der Waals surface area contributed by atoms with Gasteiger partial charge in [0, 0.05) is 18.7 Å². The highest BCUT2D eigenvalue weighted by Crippen LogP contribution is 2.31. The summed E-state index contributed by atoms with van der Waals surface area (Å²) in [7, 11) is 1.59. The molecule has 1 saturated heterocycles. The quantitative estimate of drug-likeness (QED) is 0.922. The van der Waals surface area contributed by atoms with Crippen LogP contribution in [0.4, 0.5) is 4.39 Å². The number of carbonyl (C=O) groups is 2. The molecule has 1 N–H and O–H groups in total. The SMILES string of the molecule is CN1C(=O)CO[C@H](C(=O)NC2CCCCC2)[C@H]1c1ccccc1F. The van der Waals surface area contributed by atoms with Crippen molar-refractivity contribution in [3.05, 3.63) is 35.6 Å². The molecule has 2 atom stereocenters. The van der Waals surface area contributed by atoms with Crippen LogP contribution in [0.25, 0.3) is 0 Å². The molecule has 5 nitrogen and oxygen atoms in total. The second-order valence-corrected chi connectivity index (χ2v) is 6.55. The molecule has 0 spiro atoms. The molecular formula is C18H23FN2O3. The predicted molar refractivity (Wildman–Crippen MR) is 86.7 cm³/mol. The van der Waals surface area contributed by atoms with Gasteiger partial charge in [0.05, 0.1) is 6.04 Å². The van der Waals surface area contributed by atoms with Crippen LogP contribution in [0.2, 0.25) is 0 Å². The summed E-state index contributed by atoms with van der Waals surface area (Å²) in [5.41, 5.74) is 0.303. The molecule has 1 aliphatic carbocycles. The van der Waals surface area contributed by atoms with E-state index in [9.17, 15) is 14.0 Å². The van der Waals surface area contributed by atoms with Crippen LogP contribution in [0, 0.1) is 5.82 Å². The first-order chi connectivity index (χ1) is 11.6. The number of hydrogen-bond donors (Lipinski definition) is 1. The van der Waals surface area contributed by atoms with Gasteiger partial charge in [0.15, 0.2) is 6.10 Å². The molecule has 1 aromatic carbocycles. The van der Waals surface area contributed by atoms with Crippen LogP contribution in [0.5, 0.6) is 0 Å². The maximum Gasteiger partial charge on any atom is 0.251 e. The Kier molecular flexibility index (Phi) is 5.14. The summed E-state index contributed by atoms with van der Waals surface area (Å²) < 4.78 is 19.8. The minimum atomic E-state index is -0.897. The van der Waals surface area contributed by atoms with Gasteiger partial charge in [-0.25, -0.2) is 4.39 Å². The third-order valence-corrected chi connectivity index (χ3v) is 4.92. The van der Waals surface area contributed by atoms with Crippen LogP contribution in [0.1, 0.15) is 43.7 Å². The third-order valence-electron chi connectivity index (χ3n) is 4.92. The molecule has 2 amide bonds. The highest BCUT2D eigenvalue weighted by molar-refractivity contribution is 5.86. The Morgan fingerprint density at radius 1 is 1.25 bits per heavy atom. The molecule has 1 saturated carbocycles. The molecule has 0 aromatic heterocycles. The number of likely N-dealkylation sites (N-methyl/N-ethyl adjacent to an activating group) is 1. The van der Waals surface area contributed by atoms with Crippen LogP contribution in [-0.4, -0.2) is 42.5 Å². The molecule has 130 valence electrons. The zero-order valence-electron chi connectivity index (χ0n) is 13.8. The molecule has 1 aliphatic heterocycles. The van der Waals surface area contributed by atoms with E-state index in [2.05, 4.69) is 5.32 Å². The number of morpholine rings is 1. The summed E-state index contributed by atoms with van der Waals surface area (Å²) in [5, 5.41) is 3.02. The Balaban J connectivity index is 1.82. The number of nitrogens with zero attached hydrogens (tertiary/aromatic N) is 1. The summed E-state index contributed by atoms with van der Waals surface area (Å²) in [6.45, 7) is -0.162. The summed E-state index contributed by atoms with van der Waals surface area (Å²) in [5.74, 6) is -0.970. The second kappa shape index (κ2) is 7.30. The van der Waals surface area contributed by atoms with E-state index < -0.39 is 18.0 Å². The van der Waals surface area contributed by atoms with E-state index in [1.54, 1.807) is 25.2 Å². The molecule has 24 heavy (non-hydrogen) atoms. The van der Waals surface area contributed by atoms with Crippen LogP contribution in [-0.2, 0) is 14.3 Å². The van der Waals surface area contributed by atoms with Crippen molar-refractivity contribution in [2.45, 2.75) is 50.3 Å². The maximum atomic E-state index is 14.2. The Labute approximate surface area is 141 Å². The van der Waals surface area contributed by atoms with Gasteiger partial charge in [-0.1, -0.05) is 37.5 Å². The van der Waals surface area contributed by atoms with Gasteiger partial charge >= 0.3 is 0 Å². The molecule has 0 unspecified atom stereocenters. The number of halogens is 1. The van der Waals surface area contributed by atoms with Crippen molar-refractivity contribution < 1.29 is 18.7 Å². The first-order valence-electron chi connectivity index (χ1n) is 8.50. The molecule has 3 rings (SSSR count). The monoisotopic (exact) mass is 334 g/mol. The summed E-state index contributed by atoms with van der Waals surface area (Å²) in [6.07, 6.45) is 4.42. The first-order valence-corrected chi connectivity index (χ1v) is 8.50. The largest absolute Gasteiger partial charge is 0.356 e. The van der Waals surface area contributed by atoms with Gasteiger partial charge in [-0.15, -0.1) is 0 Å². The fourth-order valence-electron chi connectivity index (χ4n) is 3.55. The predicted octanol–water partition coefficient (Wildman–Crippen LogP) is 2.17. The van der Waals surface area contributed by atoms with Crippen molar-refractivity contribution >= 4 is 11.8 Å². The Hall–Kier alpha value is -1.95. The van der Waals surface area contributed by atoms with Crippen molar-refractivity contribution in [3.63, 3.8) is 0 Å². The average molecular weight is 334 g/mol. The van der Waals surface area contributed by atoms with Crippen LogP contribution >= 0.6 is 0 Å². The van der Waals surface area contributed by atoms with Gasteiger partial charge in [-0.2, -0.15) is 0 Å². The molecule has 6 heteroatoms. The lowest BCUT2D eigenvalue weighted by Crippen LogP contribution is -2.54. The van der Waals surface area contributed by atoms with Crippen molar-refractivity contribution in [3.8, 4) is 0 Å². The highest BCUT2D eigenvalue weighted by Gasteiger charge is 2.41. The van der Waals surface area contributed by atoms with Gasteiger partial charge in [-0.3, -0.25) is 9.59 Å². The number of benzene rings is 1. The number of amides is 2. The summed E-state index contributed by atoms with van der Waals surface area (Å²) in [6, 6.07) is 5.59. The van der Waals surface area contributed by atoms with Crippen LogP contribution in [0.15, 0.2) is 24.3 Å². The Morgan fingerprint density at radius 3 is 2.67 bits per heavy atom. The van der Waals surface area contributed by atoms with E-state index >= 15 is 0 Å². The molecule has 0 radical (unpaired) electrons. The van der Waals surface area contributed by atoms with E-state index in [0.717, 1.165) is 25.7 Å². The normalized spacial score (nSPS) is 25.6. The van der Waals surface area contributed by atoms with E-state index in [1.165, 1.54) is 17.4 Å². The van der Waals surface area contributed by atoms with E-state index in [4.69, 9.17) is 4.74 Å². The molecule has 1 aromatic rings. The van der Waals surface area contributed by atoms with Gasteiger partial charge in [-0.05, 0) is 18.9 Å². The smallest absolute Gasteiger partial charge is 0.251 e. The van der Waals surface area contributed by atoms with Crippen molar-refractivity contribution in [2.24, 2.45) is 0 Å². The number of hydrogen-bond acceptors (Lipinski definition) is 3. The van der Waals surface area contributed by atoms with Crippen molar-refractivity contribution in [1.82, 2.24) is 10.2 Å². The van der Waals surface area contributed by atoms with Crippen molar-refractivity contribution in [2.75, 3.05) is 13.7 Å². The second-order valence-electron chi connectivity index (χ2n) is 6.55. The van der Waals surface area contributed by atoms with Gasteiger partial charge in [0.1, 0.15) is 12.4 Å². The average Bonchev–Trinajstić information content (AvgIpc) is 2.59. The van der Waals surface area contributed by atoms with Gasteiger partial charge < -0.3 is 15.0 Å². The summed E-state index contributed by atoms with van der Waals surface area (Å²) >= 11 is 0. The van der Waals surface area contributed by atoms with Crippen LogP contribution < -0.4 is 5.32 Å². The van der Waals surface area contributed by atoms with Crippen LogP contribution in [0.3, 0.4) is 0 Å². The lowest BCUT2D eigenvalue weighted by Gasteiger charge is -2.39. The van der Waals surface area contributed by atoms with Gasteiger partial charge in [0.25, 0.3) is 5.91 Å².